The van der Waals surface area contributed by atoms with E-state index < -0.39 is 0 Å². The van der Waals surface area contributed by atoms with E-state index >= 15 is 0 Å². The molecular formula is C27H17ClN4OS. The fraction of sp³-hybridized carbons (Fsp3) is 0. The Morgan fingerprint density at radius 2 is 1.47 bits per heavy atom. The summed E-state index contributed by atoms with van der Waals surface area (Å²) in [5.74, 6) is 1.12. The monoisotopic (exact) mass is 480 g/mol. The van der Waals surface area contributed by atoms with Crippen molar-refractivity contribution in [1.29, 1.82) is 0 Å². The second-order valence-electron chi connectivity index (χ2n) is 7.79. The van der Waals surface area contributed by atoms with Crippen LogP contribution in [0.2, 0.25) is 5.02 Å². The van der Waals surface area contributed by atoms with Gasteiger partial charge < -0.3 is 4.98 Å². The quantitative estimate of drug-likeness (QED) is 0.301. The van der Waals surface area contributed by atoms with Gasteiger partial charge in [0.25, 0.3) is 5.56 Å². The van der Waals surface area contributed by atoms with Gasteiger partial charge in [-0.1, -0.05) is 54.1 Å². The number of imidazole rings is 1. The Hall–Kier alpha value is -4.00. The number of hydrogen-bond donors (Lipinski definition) is 1. The summed E-state index contributed by atoms with van der Waals surface area (Å²) in [5, 5.41) is 4.80. The van der Waals surface area contributed by atoms with Crippen LogP contribution in [-0.4, -0.2) is 19.5 Å². The van der Waals surface area contributed by atoms with E-state index in [1.807, 2.05) is 83.4 Å². The lowest BCUT2D eigenvalue weighted by molar-refractivity contribution is 1.07. The Labute approximate surface area is 204 Å². The first-order valence-electron chi connectivity index (χ1n) is 10.6. The number of thiophene rings is 1. The molecule has 3 heterocycles. The molecule has 5 nitrogen and oxygen atoms in total. The Morgan fingerprint density at radius 1 is 0.765 bits per heavy atom. The topological polar surface area (TPSA) is 63.6 Å². The van der Waals surface area contributed by atoms with Crippen LogP contribution in [0.5, 0.6) is 0 Å². The van der Waals surface area contributed by atoms with E-state index in [2.05, 4.69) is 26.8 Å². The van der Waals surface area contributed by atoms with Crippen molar-refractivity contribution in [3.05, 3.63) is 111 Å². The molecule has 0 atom stereocenters. The summed E-state index contributed by atoms with van der Waals surface area (Å²) in [6.07, 6.45) is 0. The number of nitrogens with one attached hydrogen (secondary N) is 1. The molecule has 6 aromatic rings. The smallest absolute Gasteiger partial charge is 0.279 e. The summed E-state index contributed by atoms with van der Waals surface area (Å²) in [5.41, 5.74) is 5.32. The van der Waals surface area contributed by atoms with Crippen LogP contribution in [0, 0.1) is 0 Å². The van der Waals surface area contributed by atoms with Gasteiger partial charge >= 0.3 is 0 Å². The molecule has 0 saturated carbocycles. The number of aromatic nitrogens is 4. The van der Waals surface area contributed by atoms with Gasteiger partial charge in [0, 0.05) is 21.8 Å². The van der Waals surface area contributed by atoms with E-state index in [0.29, 0.717) is 22.3 Å². The molecule has 3 aromatic carbocycles. The van der Waals surface area contributed by atoms with Crippen LogP contribution < -0.4 is 5.56 Å². The molecule has 7 heteroatoms. The first-order chi connectivity index (χ1) is 16.7. The first-order valence-corrected chi connectivity index (χ1v) is 12.0. The summed E-state index contributed by atoms with van der Waals surface area (Å²) >= 11 is 7.76. The summed E-state index contributed by atoms with van der Waals surface area (Å²) in [4.78, 5) is 25.6. The maximum atomic E-state index is 13.1. The van der Waals surface area contributed by atoms with Gasteiger partial charge in [0.05, 0.1) is 0 Å². The van der Waals surface area contributed by atoms with Gasteiger partial charge in [-0.3, -0.25) is 9.36 Å². The van der Waals surface area contributed by atoms with Crippen molar-refractivity contribution in [3.8, 4) is 39.6 Å². The minimum absolute atomic E-state index is 0.285. The lowest BCUT2D eigenvalue weighted by atomic mass is 10.1. The molecule has 0 spiro atoms. The lowest BCUT2D eigenvalue weighted by Crippen LogP contribution is -2.10. The number of nitrogens with zero attached hydrogens (tertiary/aromatic N) is 3. The van der Waals surface area contributed by atoms with Crippen LogP contribution in [0.15, 0.2) is 100 Å². The number of fused-ring (bicyclic) bond motifs is 1. The predicted octanol–water partition coefficient (Wildman–Crippen LogP) is 6.82. The normalized spacial score (nSPS) is 11.2. The van der Waals surface area contributed by atoms with Crippen LogP contribution in [0.25, 0.3) is 50.8 Å². The predicted molar refractivity (Wildman–Crippen MR) is 139 cm³/mol. The van der Waals surface area contributed by atoms with Crippen LogP contribution in [0.3, 0.4) is 0 Å². The minimum atomic E-state index is -0.285. The zero-order valence-electron chi connectivity index (χ0n) is 17.8. The standard InChI is InChI=1S/C27H17ClN4OS/c28-21-12-10-19(11-13-21)25-29-23-26(32(25)22-4-2-1-3-5-22)30-24(31-27(23)33)18-8-6-17(7-9-18)20-14-15-34-16-20/h1-16H,(H,30,31,33). The molecule has 164 valence electrons. The number of H-pyrrole nitrogens is 1. The van der Waals surface area contributed by atoms with Crippen LogP contribution in [-0.2, 0) is 0 Å². The largest absolute Gasteiger partial charge is 0.305 e. The third kappa shape index (κ3) is 3.63. The highest BCUT2D eigenvalue weighted by atomic mass is 35.5. The molecule has 34 heavy (non-hydrogen) atoms. The maximum absolute atomic E-state index is 13.1. The third-order valence-corrected chi connectivity index (χ3v) is 6.58. The summed E-state index contributed by atoms with van der Waals surface area (Å²) < 4.78 is 1.91. The van der Waals surface area contributed by atoms with Crippen LogP contribution >= 0.6 is 22.9 Å². The summed E-state index contributed by atoms with van der Waals surface area (Å²) in [7, 11) is 0. The highest BCUT2D eigenvalue weighted by Gasteiger charge is 2.19. The number of rotatable bonds is 4. The van der Waals surface area contributed by atoms with Crippen molar-refractivity contribution < 1.29 is 0 Å². The van der Waals surface area contributed by atoms with Gasteiger partial charge in [-0.05, 0) is 64.4 Å². The molecule has 1 N–H and O–H groups in total. The molecule has 3 aromatic heterocycles. The SMILES string of the molecule is O=c1[nH]c(-c2ccc(-c3ccsc3)cc2)nc2c1nc(-c1ccc(Cl)cc1)n2-c1ccccc1. The molecule has 0 saturated heterocycles. The van der Waals surface area contributed by atoms with Crippen molar-refractivity contribution in [2.75, 3.05) is 0 Å². The second-order valence-corrected chi connectivity index (χ2v) is 9.01. The molecule has 0 aliphatic heterocycles. The van der Waals surface area contributed by atoms with E-state index in [-0.39, 0.29) is 11.1 Å². The van der Waals surface area contributed by atoms with E-state index in [0.717, 1.165) is 22.4 Å². The Morgan fingerprint density at radius 3 is 2.18 bits per heavy atom. The van der Waals surface area contributed by atoms with Gasteiger partial charge in [0.15, 0.2) is 11.2 Å². The fourth-order valence-electron chi connectivity index (χ4n) is 3.97. The highest BCUT2D eigenvalue weighted by molar-refractivity contribution is 7.08. The molecule has 0 unspecified atom stereocenters. The lowest BCUT2D eigenvalue weighted by Gasteiger charge is -2.09. The van der Waals surface area contributed by atoms with E-state index in [4.69, 9.17) is 16.6 Å². The fourth-order valence-corrected chi connectivity index (χ4v) is 4.76. The number of hydrogen-bond acceptors (Lipinski definition) is 4. The van der Waals surface area contributed by atoms with E-state index in [9.17, 15) is 4.79 Å². The van der Waals surface area contributed by atoms with Gasteiger partial charge in [-0.2, -0.15) is 11.3 Å². The molecular weight excluding hydrogens is 464 g/mol. The van der Waals surface area contributed by atoms with E-state index in [1.165, 1.54) is 5.56 Å². The molecule has 0 bridgehead atoms. The molecule has 0 aliphatic rings. The first kappa shape index (κ1) is 20.6. The van der Waals surface area contributed by atoms with Gasteiger partial charge in [0.1, 0.15) is 11.6 Å². The van der Waals surface area contributed by atoms with Gasteiger partial charge in [-0.15, -0.1) is 0 Å². The van der Waals surface area contributed by atoms with Crippen molar-refractivity contribution in [2.24, 2.45) is 0 Å². The van der Waals surface area contributed by atoms with Crippen molar-refractivity contribution in [1.82, 2.24) is 19.5 Å². The molecule has 6 rings (SSSR count). The number of para-hydroxylation sites is 1. The zero-order valence-corrected chi connectivity index (χ0v) is 19.3. The maximum Gasteiger partial charge on any atom is 0.279 e. The summed E-state index contributed by atoms with van der Waals surface area (Å²) in [6, 6.07) is 27.3. The minimum Gasteiger partial charge on any atom is -0.305 e. The Bertz CT molecular complexity index is 1650. The average molecular weight is 481 g/mol. The Kier molecular flexibility index (Phi) is 5.09. The molecule has 0 amide bonds. The van der Waals surface area contributed by atoms with Gasteiger partial charge in [-0.25, -0.2) is 9.97 Å². The summed E-state index contributed by atoms with van der Waals surface area (Å²) in [6.45, 7) is 0. The number of benzene rings is 3. The average Bonchev–Trinajstić information content (AvgIpc) is 3.54. The Balaban J connectivity index is 1.55. The number of halogens is 1. The van der Waals surface area contributed by atoms with Crippen molar-refractivity contribution >= 4 is 34.1 Å². The number of aromatic amines is 1. The molecule has 0 radical (unpaired) electrons. The van der Waals surface area contributed by atoms with Crippen LogP contribution in [0.4, 0.5) is 0 Å². The highest BCUT2D eigenvalue weighted by Crippen LogP contribution is 2.29. The zero-order chi connectivity index (χ0) is 23.1. The molecule has 0 aliphatic carbocycles. The van der Waals surface area contributed by atoms with Gasteiger partial charge in [0.2, 0.25) is 0 Å². The third-order valence-electron chi connectivity index (χ3n) is 5.65. The van der Waals surface area contributed by atoms with Crippen molar-refractivity contribution in [3.63, 3.8) is 0 Å². The van der Waals surface area contributed by atoms with Crippen LogP contribution in [0.1, 0.15) is 0 Å². The van der Waals surface area contributed by atoms with E-state index in [1.54, 1.807) is 11.3 Å². The second kappa shape index (κ2) is 8.41. The van der Waals surface area contributed by atoms with Crippen molar-refractivity contribution in [2.45, 2.75) is 0 Å². The molecule has 0 fully saturated rings.